The first-order valence-corrected chi connectivity index (χ1v) is 6.31. The van der Waals surface area contributed by atoms with E-state index in [-0.39, 0.29) is 0 Å². The van der Waals surface area contributed by atoms with E-state index < -0.39 is 11.7 Å². The summed E-state index contributed by atoms with van der Waals surface area (Å²) in [4.78, 5) is 0. The molecule has 2 N–H and O–H groups in total. The van der Waals surface area contributed by atoms with Gasteiger partial charge in [-0.15, -0.1) is 0 Å². The molecule has 0 spiro atoms. The molecule has 0 saturated heterocycles. The fraction of sp³-hybridized carbons (Fsp3) is 0.750. The first-order chi connectivity index (χ1) is 7.85. The number of aryl methyl sites for hydroxylation is 2. The molecule has 1 heterocycles. The normalized spacial score (nSPS) is 14.1. The zero-order valence-corrected chi connectivity index (χ0v) is 11.6. The van der Waals surface area contributed by atoms with Crippen molar-refractivity contribution in [1.82, 2.24) is 9.78 Å². The molecule has 0 saturated carbocycles. The molecule has 0 aliphatic heterocycles. The fourth-order valence-corrected chi connectivity index (χ4v) is 2.23. The number of aliphatic hydroxyl groups excluding tert-OH is 1. The predicted octanol–water partition coefficient (Wildman–Crippen LogP) is 1.84. The minimum atomic E-state index is -1.05. The average molecular weight is 261 g/mol. The van der Waals surface area contributed by atoms with Gasteiger partial charge in [0.25, 0.3) is 0 Å². The number of aromatic nitrogens is 2. The lowest BCUT2D eigenvalue weighted by molar-refractivity contribution is -0.0796. The lowest BCUT2D eigenvalue weighted by Gasteiger charge is -2.31. The zero-order valence-electron chi connectivity index (χ0n) is 10.9. The summed E-state index contributed by atoms with van der Waals surface area (Å²) in [6.07, 6.45) is 0.511. The van der Waals surface area contributed by atoms with Crippen LogP contribution in [0.4, 0.5) is 0 Å². The van der Waals surface area contributed by atoms with Crippen molar-refractivity contribution in [3.63, 3.8) is 0 Å². The van der Waals surface area contributed by atoms with Crippen molar-refractivity contribution in [2.24, 2.45) is 7.05 Å². The van der Waals surface area contributed by atoms with Gasteiger partial charge in [0.15, 0.2) is 0 Å². The SMILES string of the molecule is CCC(O)(CC)C(O)Cc1c(Cl)c(C)nn1C. The minimum absolute atomic E-state index is 0.314. The van der Waals surface area contributed by atoms with Gasteiger partial charge in [-0.1, -0.05) is 25.4 Å². The molecule has 1 aromatic rings. The molecular formula is C12H21ClN2O2. The van der Waals surface area contributed by atoms with Gasteiger partial charge in [0.2, 0.25) is 0 Å². The van der Waals surface area contributed by atoms with E-state index in [2.05, 4.69) is 5.10 Å². The Bertz CT molecular complexity index is 386. The molecular weight excluding hydrogens is 240 g/mol. The molecule has 98 valence electrons. The maximum atomic E-state index is 10.2. The van der Waals surface area contributed by atoms with Gasteiger partial charge in [-0.2, -0.15) is 5.10 Å². The van der Waals surface area contributed by atoms with Gasteiger partial charge in [0.1, 0.15) is 0 Å². The van der Waals surface area contributed by atoms with Crippen molar-refractivity contribution >= 4 is 11.6 Å². The quantitative estimate of drug-likeness (QED) is 0.849. The highest BCUT2D eigenvalue weighted by Gasteiger charge is 2.33. The lowest BCUT2D eigenvalue weighted by Crippen LogP contribution is -2.42. The van der Waals surface area contributed by atoms with Gasteiger partial charge in [-0.3, -0.25) is 4.68 Å². The summed E-state index contributed by atoms with van der Waals surface area (Å²) >= 11 is 6.12. The molecule has 1 rings (SSSR count). The summed E-state index contributed by atoms with van der Waals surface area (Å²) in [5.41, 5.74) is 0.450. The van der Waals surface area contributed by atoms with Gasteiger partial charge in [-0.05, 0) is 19.8 Å². The number of nitrogens with zero attached hydrogens (tertiary/aromatic N) is 2. The third kappa shape index (κ3) is 2.81. The Hall–Kier alpha value is -0.580. The summed E-state index contributed by atoms with van der Waals surface area (Å²) < 4.78 is 1.66. The number of hydrogen-bond acceptors (Lipinski definition) is 3. The molecule has 1 aromatic heterocycles. The predicted molar refractivity (Wildman–Crippen MR) is 68.2 cm³/mol. The average Bonchev–Trinajstić information content (AvgIpc) is 2.54. The van der Waals surface area contributed by atoms with E-state index >= 15 is 0 Å². The third-order valence-electron chi connectivity index (χ3n) is 3.49. The second kappa shape index (κ2) is 5.38. The molecule has 1 atom stereocenters. The molecule has 5 heteroatoms. The smallest absolute Gasteiger partial charge is 0.0904 e. The van der Waals surface area contributed by atoms with E-state index in [9.17, 15) is 10.2 Å². The van der Waals surface area contributed by atoms with Crippen molar-refractivity contribution in [3.05, 3.63) is 16.4 Å². The van der Waals surface area contributed by atoms with Crippen LogP contribution < -0.4 is 0 Å². The van der Waals surface area contributed by atoms with E-state index in [1.807, 2.05) is 20.8 Å². The maximum Gasteiger partial charge on any atom is 0.0904 e. The zero-order chi connectivity index (χ0) is 13.2. The highest BCUT2D eigenvalue weighted by molar-refractivity contribution is 6.31. The lowest BCUT2D eigenvalue weighted by atomic mass is 9.88. The van der Waals surface area contributed by atoms with Crippen LogP contribution in [0.3, 0.4) is 0 Å². The molecule has 0 radical (unpaired) electrons. The standard InChI is InChI=1S/C12H21ClN2O2/c1-5-12(17,6-2)10(16)7-9-11(13)8(3)14-15(9)4/h10,16-17H,5-7H2,1-4H3. The van der Waals surface area contributed by atoms with Crippen molar-refractivity contribution < 1.29 is 10.2 Å². The summed E-state index contributed by atoms with van der Waals surface area (Å²) in [6, 6.07) is 0. The fourth-order valence-electron chi connectivity index (χ4n) is 2.00. The second-order valence-electron chi connectivity index (χ2n) is 4.50. The summed E-state index contributed by atoms with van der Waals surface area (Å²) in [6.45, 7) is 5.55. The topological polar surface area (TPSA) is 58.3 Å². The van der Waals surface area contributed by atoms with Crippen LogP contribution in [0.25, 0.3) is 0 Å². The minimum Gasteiger partial charge on any atom is -0.390 e. The highest BCUT2D eigenvalue weighted by atomic mass is 35.5. The van der Waals surface area contributed by atoms with Crippen molar-refractivity contribution in [3.8, 4) is 0 Å². The van der Waals surface area contributed by atoms with E-state index in [4.69, 9.17) is 11.6 Å². The molecule has 0 aliphatic carbocycles. The van der Waals surface area contributed by atoms with Gasteiger partial charge < -0.3 is 10.2 Å². The third-order valence-corrected chi connectivity index (χ3v) is 3.98. The van der Waals surface area contributed by atoms with Crippen molar-refractivity contribution in [2.75, 3.05) is 0 Å². The van der Waals surface area contributed by atoms with Crippen LogP contribution in [-0.4, -0.2) is 31.7 Å². The van der Waals surface area contributed by atoms with Crippen LogP contribution in [-0.2, 0) is 13.5 Å². The molecule has 0 aromatic carbocycles. The number of aliphatic hydroxyl groups is 2. The Morgan fingerprint density at radius 1 is 1.41 bits per heavy atom. The van der Waals surface area contributed by atoms with Gasteiger partial charge in [0, 0.05) is 13.5 Å². The van der Waals surface area contributed by atoms with E-state index in [1.165, 1.54) is 0 Å². The Morgan fingerprint density at radius 2 is 1.94 bits per heavy atom. The van der Waals surface area contributed by atoms with E-state index in [0.29, 0.717) is 24.3 Å². The van der Waals surface area contributed by atoms with Gasteiger partial charge >= 0.3 is 0 Å². The van der Waals surface area contributed by atoms with Crippen molar-refractivity contribution in [2.45, 2.75) is 51.7 Å². The molecule has 4 nitrogen and oxygen atoms in total. The molecule has 0 aliphatic rings. The molecule has 0 amide bonds. The largest absolute Gasteiger partial charge is 0.390 e. The number of hydrogen-bond donors (Lipinski definition) is 2. The summed E-state index contributed by atoms with van der Waals surface area (Å²) in [5.74, 6) is 0. The maximum absolute atomic E-state index is 10.2. The van der Waals surface area contributed by atoms with Gasteiger partial charge in [-0.25, -0.2) is 0 Å². The van der Waals surface area contributed by atoms with Crippen LogP contribution >= 0.6 is 11.6 Å². The van der Waals surface area contributed by atoms with Crippen LogP contribution in [0.1, 0.15) is 38.1 Å². The summed E-state index contributed by atoms with van der Waals surface area (Å²) in [7, 11) is 1.79. The first kappa shape index (κ1) is 14.5. The molecule has 1 unspecified atom stereocenters. The Balaban J connectivity index is 2.91. The number of halogens is 1. The Kier molecular flexibility index (Phi) is 4.58. The van der Waals surface area contributed by atoms with Crippen LogP contribution in [0.15, 0.2) is 0 Å². The Morgan fingerprint density at radius 3 is 2.29 bits per heavy atom. The van der Waals surface area contributed by atoms with Crippen LogP contribution in [0.2, 0.25) is 5.02 Å². The Labute approximate surface area is 107 Å². The van der Waals surface area contributed by atoms with Crippen molar-refractivity contribution in [1.29, 1.82) is 0 Å². The summed E-state index contributed by atoms with van der Waals surface area (Å²) in [5, 5.41) is 25.1. The van der Waals surface area contributed by atoms with E-state index in [0.717, 1.165) is 11.4 Å². The van der Waals surface area contributed by atoms with E-state index in [1.54, 1.807) is 11.7 Å². The molecule has 0 bridgehead atoms. The monoisotopic (exact) mass is 260 g/mol. The highest BCUT2D eigenvalue weighted by Crippen LogP contribution is 2.26. The molecule has 17 heavy (non-hydrogen) atoms. The number of rotatable bonds is 5. The van der Waals surface area contributed by atoms with Crippen LogP contribution in [0.5, 0.6) is 0 Å². The second-order valence-corrected chi connectivity index (χ2v) is 4.88. The van der Waals surface area contributed by atoms with Crippen LogP contribution in [0, 0.1) is 6.92 Å². The first-order valence-electron chi connectivity index (χ1n) is 5.94. The van der Waals surface area contributed by atoms with Gasteiger partial charge in [0.05, 0.1) is 28.1 Å². The molecule has 0 fully saturated rings.